The molecule has 1 unspecified atom stereocenters. The SMILES string of the molecule is CCCNC(=O)C1CSc2nc(C)c(CC)c(=O)n2C1. The second kappa shape index (κ2) is 6.43. The number of fused-ring (bicyclic) bond motifs is 1. The van der Waals surface area contributed by atoms with Crippen molar-refractivity contribution in [1.82, 2.24) is 14.9 Å². The maximum Gasteiger partial charge on any atom is 0.257 e. The lowest BCUT2D eigenvalue weighted by molar-refractivity contribution is -0.124. The maximum atomic E-state index is 12.4. The minimum absolute atomic E-state index is 0.00971. The third-order valence-corrected chi connectivity index (χ3v) is 4.66. The standard InChI is InChI=1S/C14H21N3O2S/c1-4-6-15-12(18)10-7-17-13(19)11(5-2)9(3)16-14(17)20-8-10/h10H,4-8H2,1-3H3,(H,15,18). The van der Waals surface area contributed by atoms with Crippen molar-refractivity contribution in [2.45, 2.75) is 45.3 Å². The largest absolute Gasteiger partial charge is 0.356 e. The van der Waals surface area contributed by atoms with Gasteiger partial charge in [0.25, 0.3) is 5.56 Å². The van der Waals surface area contributed by atoms with Gasteiger partial charge >= 0.3 is 0 Å². The van der Waals surface area contributed by atoms with Gasteiger partial charge in [0.05, 0.1) is 5.92 Å². The summed E-state index contributed by atoms with van der Waals surface area (Å²) in [4.78, 5) is 29.0. The molecule has 20 heavy (non-hydrogen) atoms. The van der Waals surface area contributed by atoms with E-state index in [1.54, 1.807) is 4.57 Å². The molecule has 110 valence electrons. The molecule has 0 fully saturated rings. The van der Waals surface area contributed by atoms with E-state index in [1.165, 1.54) is 11.8 Å². The number of nitrogens with one attached hydrogen (secondary N) is 1. The van der Waals surface area contributed by atoms with E-state index in [-0.39, 0.29) is 17.4 Å². The van der Waals surface area contributed by atoms with Gasteiger partial charge in [0.15, 0.2) is 5.16 Å². The minimum Gasteiger partial charge on any atom is -0.356 e. The summed E-state index contributed by atoms with van der Waals surface area (Å²) < 4.78 is 1.66. The number of hydrogen-bond donors (Lipinski definition) is 1. The quantitative estimate of drug-likeness (QED) is 0.852. The van der Waals surface area contributed by atoms with E-state index < -0.39 is 0 Å². The average Bonchev–Trinajstić information content (AvgIpc) is 2.45. The second-order valence-corrected chi connectivity index (χ2v) is 6.01. The number of aryl methyl sites for hydroxylation is 1. The van der Waals surface area contributed by atoms with E-state index in [9.17, 15) is 9.59 Å². The fourth-order valence-electron chi connectivity index (χ4n) is 2.35. The van der Waals surface area contributed by atoms with Gasteiger partial charge in [-0.2, -0.15) is 0 Å². The molecule has 5 nitrogen and oxygen atoms in total. The van der Waals surface area contributed by atoms with Crippen molar-refractivity contribution < 1.29 is 4.79 Å². The lowest BCUT2D eigenvalue weighted by atomic mass is 10.1. The zero-order chi connectivity index (χ0) is 14.7. The molecule has 2 heterocycles. The fraction of sp³-hybridized carbons (Fsp3) is 0.643. The van der Waals surface area contributed by atoms with Crippen LogP contribution in [0.25, 0.3) is 0 Å². The predicted molar refractivity (Wildman–Crippen MR) is 80.1 cm³/mol. The highest BCUT2D eigenvalue weighted by molar-refractivity contribution is 7.99. The monoisotopic (exact) mass is 295 g/mol. The normalized spacial score (nSPS) is 17.6. The number of carbonyl (C=O) groups excluding carboxylic acids is 1. The molecule has 1 aromatic heterocycles. The average molecular weight is 295 g/mol. The van der Waals surface area contributed by atoms with E-state index >= 15 is 0 Å². The summed E-state index contributed by atoms with van der Waals surface area (Å²) in [6.45, 7) is 6.99. The molecule has 0 bridgehead atoms. The van der Waals surface area contributed by atoms with Crippen LogP contribution in [-0.4, -0.2) is 27.8 Å². The van der Waals surface area contributed by atoms with Gasteiger partial charge < -0.3 is 5.32 Å². The van der Waals surface area contributed by atoms with Crippen LogP contribution in [0.4, 0.5) is 0 Å². The van der Waals surface area contributed by atoms with Crippen molar-refractivity contribution in [3.05, 3.63) is 21.6 Å². The van der Waals surface area contributed by atoms with Gasteiger partial charge in [-0.1, -0.05) is 25.6 Å². The number of nitrogens with zero attached hydrogens (tertiary/aromatic N) is 2. The number of hydrogen-bond acceptors (Lipinski definition) is 4. The Balaban J connectivity index is 2.25. The zero-order valence-corrected chi connectivity index (χ0v) is 13.0. The molecule has 0 spiro atoms. The van der Waals surface area contributed by atoms with Crippen LogP contribution in [0.2, 0.25) is 0 Å². The summed E-state index contributed by atoms with van der Waals surface area (Å²) in [5.41, 5.74) is 1.57. The van der Waals surface area contributed by atoms with Crippen LogP contribution < -0.4 is 10.9 Å². The summed E-state index contributed by atoms with van der Waals surface area (Å²) in [6.07, 6.45) is 1.60. The summed E-state index contributed by atoms with van der Waals surface area (Å²) in [7, 11) is 0. The molecule has 1 N–H and O–H groups in total. The smallest absolute Gasteiger partial charge is 0.257 e. The van der Waals surface area contributed by atoms with E-state index in [4.69, 9.17) is 0 Å². The van der Waals surface area contributed by atoms with Gasteiger partial charge in [-0.25, -0.2) is 4.98 Å². The molecule has 2 rings (SSSR count). The molecule has 1 amide bonds. The first kappa shape index (κ1) is 15.1. The van der Waals surface area contributed by atoms with E-state index in [1.807, 2.05) is 20.8 Å². The van der Waals surface area contributed by atoms with Crippen LogP contribution in [-0.2, 0) is 17.8 Å². The number of rotatable bonds is 4. The van der Waals surface area contributed by atoms with Gasteiger partial charge in [0.2, 0.25) is 5.91 Å². The molecule has 0 radical (unpaired) electrons. The maximum absolute atomic E-state index is 12.4. The second-order valence-electron chi connectivity index (χ2n) is 5.03. The molecule has 0 aliphatic carbocycles. The van der Waals surface area contributed by atoms with Gasteiger partial charge in [-0.05, 0) is 19.8 Å². The number of thioether (sulfide) groups is 1. The van der Waals surface area contributed by atoms with Crippen LogP contribution >= 0.6 is 11.8 Å². The van der Waals surface area contributed by atoms with Crippen molar-refractivity contribution in [1.29, 1.82) is 0 Å². The summed E-state index contributed by atoms with van der Waals surface area (Å²) >= 11 is 1.50. The lowest BCUT2D eigenvalue weighted by Gasteiger charge is -2.25. The third kappa shape index (κ3) is 2.90. The van der Waals surface area contributed by atoms with E-state index in [0.717, 1.165) is 22.8 Å². The minimum atomic E-state index is -0.147. The van der Waals surface area contributed by atoms with Crippen molar-refractivity contribution in [3.63, 3.8) is 0 Å². The molecule has 0 saturated carbocycles. The topological polar surface area (TPSA) is 64.0 Å². The van der Waals surface area contributed by atoms with Crippen molar-refractivity contribution in [3.8, 4) is 0 Å². The summed E-state index contributed by atoms with van der Waals surface area (Å²) in [5, 5.41) is 3.64. The number of amides is 1. The Morgan fingerprint density at radius 3 is 2.90 bits per heavy atom. The van der Waals surface area contributed by atoms with E-state index in [0.29, 0.717) is 25.3 Å². The highest BCUT2D eigenvalue weighted by atomic mass is 32.2. The van der Waals surface area contributed by atoms with Crippen LogP contribution in [0.3, 0.4) is 0 Å². The van der Waals surface area contributed by atoms with Gasteiger partial charge in [0, 0.05) is 30.1 Å². The van der Waals surface area contributed by atoms with Gasteiger partial charge in [0.1, 0.15) is 0 Å². The van der Waals surface area contributed by atoms with E-state index in [2.05, 4.69) is 10.3 Å². The molecule has 1 aliphatic rings. The Morgan fingerprint density at radius 2 is 2.25 bits per heavy atom. The molecule has 6 heteroatoms. The Morgan fingerprint density at radius 1 is 1.50 bits per heavy atom. The van der Waals surface area contributed by atoms with Crippen LogP contribution in [0, 0.1) is 12.8 Å². The third-order valence-electron chi connectivity index (χ3n) is 3.52. The van der Waals surface area contributed by atoms with Crippen LogP contribution in [0.5, 0.6) is 0 Å². The molecule has 0 saturated heterocycles. The highest BCUT2D eigenvalue weighted by Gasteiger charge is 2.27. The Kier molecular flexibility index (Phi) is 4.86. The first-order valence-electron chi connectivity index (χ1n) is 7.09. The van der Waals surface area contributed by atoms with Crippen molar-refractivity contribution in [2.75, 3.05) is 12.3 Å². The molecular formula is C14H21N3O2S. The van der Waals surface area contributed by atoms with Crippen molar-refractivity contribution >= 4 is 17.7 Å². The molecule has 1 atom stereocenters. The lowest BCUT2D eigenvalue weighted by Crippen LogP contribution is -2.41. The summed E-state index contributed by atoms with van der Waals surface area (Å²) in [5.74, 6) is 0.578. The Hall–Kier alpha value is -1.30. The Labute approximate surface area is 123 Å². The number of carbonyl (C=O) groups is 1. The summed E-state index contributed by atoms with van der Waals surface area (Å²) in [6, 6.07) is 0. The zero-order valence-electron chi connectivity index (χ0n) is 12.2. The first-order valence-corrected chi connectivity index (χ1v) is 8.07. The number of aromatic nitrogens is 2. The highest BCUT2D eigenvalue weighted by Crippen LogP contribution is 2.25. The Bertz CT molecular complexity index is 568. The fourth-order valence-corrected chi connectivity index (χ4v) is 3.48. The van der Waals surface area contributed by atoms with Gasteiger partial charge in [-0.15, -0.1) is 0 Å². The predicted octanol–water partition coefficient (Wildman–Crippen LogP) is 1.36. The van der Waals surface area contributed by atoms with Crippen LogP contribution in [0.15, 0.2) is 9.95 Å². The van der Waals surface area contributed by atoms with Crippen LogP contribution in [0.1, 0.15) is 31.5 Å². The van der Waals surface area contributed by atoms with Gasteiger partial charge in [-0.3, -0.25) is 14.2 Å². The van der Waals surface area contributed by atoms with Crippen molar-refractivity contribution in [2.24, 2.45) is 5.92 Å². The molecule has 1 aliphatic heterocycles. The molecular weight excluding hydrogens is 274 g/mol. The first-order chi connectivity index (χ1) is 9.58. The molecule has 1 aromatic rings. The molecule has 0 aromatic carbocycles.